The average molecular weight is 218 g/mol. The van der Waals surface area contributed by atoms with Gasteiger partial charge in [0.05, 0.1) is 0 Å². The first-order valence-corrected chi connectivity index (χ1v) is 7.86. The summed E-state index contributed by atoms with van der Waals surface area (Å²) in [6.45, 7) is 0. The fraction of sp³-hybridized carbons (Fsp3) is 1.00. The topological polar surface area (TPSA) is 0 Å². The van der Waals surface area contributed by atoms with E-state index in [9.17, 15) is 0 Å². The summed E-state index contributed by atoms with van der Waals surface area (Å²) in [7, 11) is 0. The summed E-state index contributed by atoms with van der Waals surface area (Å²) < 4.78 is 0. The van der Waals surface area contributed by atoms with Crippen LogP contribution in [0.2, 0.25) is 0 Å². The van der Waals surface area contributed by atoms with Crippen LogP contribution in [0.5, 0.6) is 0 Å². The molecule has 0 spiro atoms. The minimum absolute atomic E-state index is 1.04. The molecule has 4 atom stereocenters. The number of thioether (sulfide) groups is 3. The van der Waals surface area contributed by atoms with Crippen molar-refractivity contribution in [3.05, 3.63) is 0 Å². The lowest BCUT2D eigenvalue weighted by Gasteiger charge is -2.27. The summed E-state index contributed by atoms with van der Waals surface area (Å²) in [6, 6.07) is 0. The van der Waals surface area contributed by atoms with Crippen LogP contribution in [-0.2, 0) is 0 Å². The van der Waals surface area contributed by atoms with Gasteiger partial charge in [0.25, 0.3) is 0 Å². The molecule has 0 nitrogen and oxygen atoms in total. The molecule has 0 N–H and O–H groups in total. The molecule has 0 aliphatic carbocycles. The second-order valence-electron chi connectivity index (χ2n) is 3.89. The Kier molecular flexibility index (Phi) is 2.31. The van der Waals surface area contributed by atoms with E-state index in [4.69, 9.17) is 0 Å². The van der Waals surface area contributed by atoms with E-state index in [1.165, 1.54) is 30.8 Å². The average Bonchev–Trinajstić information content (AvgIpc) is 2.98. The molecule has 3 heteroatoms. The molecule has 3 saturated heterocycles. The van der Waals surface area contributed by atoms with E-state index < -0.39 is 0 Å². The van der Waals surface area contributed by atoms with Crippen LogP contribution in [0.25, 0.3) is 0 Å². The van der Waals surface area contributed by atoms with Crippen LogP contribution in [0.3, 0.4) is 0 Å². The van der Waals surface area contributed by atoms with Gasteiger partial charge in [-0.25, -0.2) is 0 Å². The molecule has 0 saturated carbocycles. The summed E-state index contributed by atoms with van der Waals surface area (Å²) in [6.07, 6.45) is 4.53. The molecule has 0 bridgehead atoms. The van der Waals surface area contributed by atoms with E-state index in [0.29, 0.717) is 0 Å². The van der Waals surface area contributed by atoms with Crippen LogP contribution in [-0.4, -0.2) is 32.5 Å². The predicted molar refractivity (Wildman–Crippen MR) is 61.5 cm³/mol. The molecule has 0 aromatic rings. The highest BCUT2D eigenvalue weighted by atomic mass is 32.2. The lowest BCUT2D eigenvalue weighted by Crippen LogP contribution is -2.24. The molecule has 3 aliphatic rings. The predicted octanol–water partition coefficient (Wildman–Crippen LogP) is 2.87. The molecule has 12 heavy (non-hydrogen) atoms. The molecule has 3 rings (SSSR count). The van der Waals surface area contributed by atoms with Crippen molar-refractivity contribution in [2.24, 2.45) is 0 Å². The largest absolute Gasteiger partial charge is 0.155 e. The van der Waals surface area contributed by atoms with Crippen molar-refractivity contribution in [3.8, 4) is 0 Å². The molecule has 3 fully saturated rings. The summed E-state index contributed by atoms with van der Waals surface area (Å²) in [5.74, 6) is 2.92. The Labute approximate surface area is 87.0 Å². The second-order valence-corrected chi connectivity index (χ2v) is 7.91. The Bertz CT molecular complexity index is 157. The Balaban J connectivity index is 1.58. The van der Waals surface area contributed by atoms with E-state index in [1.807, 2.05) is 0 Å². The van der Waals surface area contributed by atoms with Crippen molar-refractivity contribution in [3.63, 3.8) is 0 Å². The van der Waals surface area contributed by atoms with Gasteiger partial charge in [-0.3, -0.25) is 0 Å². The minimum Gasteiger partial charge on any atom is -0.155 e. The highest BCUT2D eigenvalue weighted by Gasteiger charge is 2.41. The Morgan fingerprint density at radius 1 is 0.750 bits per heavy atom. The second kappa shape index (κ2) is 3.32. The van der Waals surface area contributed by atoms with Crippen LogP contribution < -0.4 is 0 Å². The monoisotopic (exact) mass is 218 g/mol. The summed E-state index contributed by atoms with van der Waals surface area (Å²) in [5.41, 5.74) is 0. The number of hydrogen-bond donors (Lipinski definition) is 0. The highest BCUT2D eigenvalue weighted by molar-refractivity contribution is 8.10. The maximum atomic E-state index is 2.33. The fourth-order valence-electron chi connectivity index (χ4n) is 1.97. The third-order valence-electron chi connectivity index (χ3n) is 2.87. The quantitative estimate of drug-likeness (QED) is 0.654. The zero-order chi connectivity index (χ0) is 7.97. The zero-order valence-electron chi connectivity index (χ0n) is 7.07. The number of hydrogen-bond acceptors (Lipinski definition) is 3. The molecule has 3 heterocycles. The van der Waals surface area contributed by atoms with Gasteiger partial charge < -0.3 is 0 Å². The lowest BCUT2D eigenvalue weighted by atomic mass is 10.1. The maximum absolute atomic E-state index is 2.33. The van der Waals surface area contributed by atoms with E-state index in [0.717, 1.165) is 21.0 Å². The molecular weight excluding hydrogens is 204 g/mol. The van der Waals surface area contributed by atoms with Crippen LogP contribution in [0.15, 0.2) is 0 Å². The fourth-order valence-corrected chi connectivity index (χ4v) is 6.05. The van der Waals surface area contributed by atoms with Crippen molar-refractivity contribution in [1.82, 2.24) is 0 Å². The van der Waals surface area contributed by atoms with Crippen molar-refractivity contribution in [2.45, 2.75) is 40.3 Å². The molecule has 4 unspecified atom stereocenters. The minimum atomic E-state index is 1.04. The van der Waals surface area contributed by atoms with Gasteiger partial charge in [0.2, 0.25) is 0 Å². The molecule has 0 radical (unpaired) electrons. The molecule has 0 aromatic carbocycles. The van der Waals surface area contributed by atoms with Gasteiger partial charge in [-0.05, 0) is 12.8 Å². The van der Waals surface area contributed by atoms with E-state index in [-0.39, 0.29) is 0 Å². The van der Waals surface area contributed by atoms with Gasteiger partial charge >= 0.3 is 0 Å². The van der Waals surface area contributed by atoms with Crippen LogP contribution in [0, 0.1) is 0 Å². The van der Waals surface area contributed by atoms with Crippen molar-refractivity contribution in [2.75, 3.05) is 11.5 Å². The Morgan fingerprint density at radius 3 is 1.67 bits per heavy atom. The Morgan fingerprint density at radius 2 is 1.25 bits per heavy atom. The van der Waals surface area contributed by atoms with Gasteiger partial charge in [-0.15, -0.1) is 0 Å². The van der Waals surface area contributed by atoms with Crippen LogP contribution in [0.1, 0.15) is 19.3 Å². The van der Waals surface area contributed by atoms with Crippen molar-refractivity contribution < 1.29 is 0 Å². The van der Waals surface area contributed by atoms with Crippen molar-refractivity contribution >= 4 is 35.3 Å². The highest BCUT2D eigenvalue weighted by Crippen LogP contribution is 2.50. The van der Waals surface area contributed by atoms with Gasteiger partial charge in [-0.1, -0.05) is 6.42 Å². The summed E-state index contributed by atoms with van der Waals surface area (Å²) in [5, 5.41) is 4.19. The SMILES string of the molecule is C1CC(C2CS2)SC(C2CS2)C1. The standard InChI is InChI=1S/C9H14S3/c1-2-6(8-4-10-8)12-7(3-1)9-5-11-9/h6-9H,1-5H2. The van der Waals surface area contributed by atoms with Gasteiger partial charge in [-0.2, -0.15) is 35.3 Å². The van der Waals surface area contributed by atoms with Crippen molar-refractivity contribution in [1.29, 1.82) is 0 Å². The first-order chi connectivity index (χ1) is 5.93. The van der Waals surface area contributed by atoms with Crippen LogP contribution in [0.4, 0.5) is 0 Å². The third kappa shape index (κ3) is 1.78. The molecule has 0 amide bonds. The third-order valence-corrected chi connectivity index (χ3v) is 7.14. The first kappa shape index (κ1) is 8.37. The summed E-state index contributed by atoms with van der Waals surface area (Å²) >= 11 is 6.69. The van der Waals surface area contributed by atoms with Gasteiger partial charge in [0.1, 0.15) is 0 Å². The first-order valence-electron chi connectivity index (χ1n) is 4.82. The van der Waals surface area contributed by atoms with E-state index in [1.54, 1.807) is 0 Å². The zero-order valence-corrected chi connectivity index (χ0v) is 9.52. The molecule has 0 aromatic heterocycles. The normalized spacial score (nSPS) is 52.0. The smallest absolute Gasteiger partial charge is 0.0257 e. The molecule has 3 aliphatic heterocycles. The summed E-state index contributed by atoms with van der Waals surface area (Å²) in [4.78, 5) is 0. The van der Waals surface area contributed by atoms with Gasteiger partial charge in [0.15, 0.2) is 0 Å². The molecule has 68 valence electrons. The maximum Gasteiger partial charge on any atom is 0.0257 e. The van der Waals surface area contributed by atoms with E-state index >= 15 is 0 Å². The van der Waals surface area contributed by atoms with E-state index in [2.05, 4.69) is 35.3 Å². The van der Waals surface area contributed by atoms with Gasteiger partial charge in [0, 0.05) is 32.5 Å². The molecular formula is C9H14S3. The Hall–Kier alpha value is 1.05. The van der Waals surface area contributed by atoms with Crippen LogP contribution >= 0.6 is 35.3 Å². The lowest BCUT2D eigenvalue weighted by molar-refractivity contribution is 0.616. The number of rotatable bonds is 2.